The van der Waals surface area contributed by atoms with Gasteiger partial charge >= 0.3 is 6.18 Å². The Morgan fingerprint density at radius 2 is 1.76 bits per heavy atom. The van der Waals surface area contributed by atoms with Crippen molar-refractivity contribution in [2.24, 2.45) is 23.7 Å². The van der Waals surface area contributed by atoms with Crippen LogP contribution in [0.3, 0.4) is 0 Å². The van der Waals surface area contributed by atoms with E-state index in [0.29, 0.717) is 10.9 Å². The van der Waals surface area contributed by atoms with E-state index in [2.05, 4.69) is 19.2 Å². The number of alkyl halides is 3. The van der Waals surface area contributed by atoms with E-state index in [1.54, 1.807) is 12.4 Å². The summed E-state index contributed by atoms with van der Waals surface area (Å²) in [5.74, 6) is 3.90. The molecule has 3 fully saturated rings. The fourth-order valence-corrected chi connectivity index (χ4v) is 6.30. The molecular formula is C23H34ClF3N4OS. The van der Waals surface area contributed by atoms with Crippen LogP contribution in [0.1, 0.15) is 44.9 Å². The maximum absolute atomic E-state index is 12.3. The first-order chi connectivity index (χ1) is 15.9. The van der Waals surface area contributed by atoms with Crippen molar-refractivity contribution in [2.45, 2.75) is 51.1 Å². The predicted molar refractivity (Wildman–Crippen MR) is 126 cm³/mol. The smallest absolute Gasteiger partial charge is 0.381 e. The highest BCUT2D eigenvalue weighted by Gasteiger charge is 2.43. The lowest BCUT2D eigenvalue weighted by Gasteiger charge is -2.32. The van der Waals surface area contributed by atoms with Gasteiger partial charge in [-0.3, -0.25) is 4.31 Å². The number of rotatable bonds is 10. The van der Waals surface area contributed by atoms with Crippen LogP contribution < -0.4 is 4.90 Å². The molecule has 2 aliphatic heterocycles. The van der Waals surface area contributed by atoms with Crippen LogP contribution in [0.4, 0.5) is 19.1 Å². The number of halogens is 4. The minimum atomic E-state index is -4.05. The van der Waals surface area contributed by atoms with E-state index in [0.717, 1.165) is 82.4 Å². The van der Waals surface area contributed by atoms with Gasteiger partial charge in [-0.1, -0.05) is 23.5 Å². The summed E-state index contributed by atoms with van der Waals surface area (Å²) in [6.07, 6.45) is 5.48. The molecule has 0 spiro atoms. The van der Waals surface area contributed by atoms with Gasteiger partial charge in [0.2, 0.25) is 5.95 Å². The van der Waals surface area contributed by atoms with Gasteiger partial charge in [0, 0.05) is 45.1 Å². The number of ether oxygens (including phenoxy) is 1. The summed E-state index contributed by atoms with van der Waals surface area (Å²) in [5.41, 5.74) is 0. The molecule has 33 heavy (non-hydrogen) atoms. The zero-order chi connectivity index (χ0) is 23.3. The Morgan fingerprint density at radius 3 is 2.42 bits per heavy atom. The number of nitrogens with zero attached hydrogens (tertiary/aromatic N) is 4. The van der Waals surface area contributed by atoms with Crippen molar-refractivity contribution >= 4 is 29.5 Å². The Bertz CT molecular complexity index is 725. The first-order valence-corrected chi connectivity index (χ1v) is 13.4. The van der Waals surface area contributed by atoms with Crippen LogP contribution in [0.15, 0.2) is 12.4 Å². The van der Waals surface area contributed by atoms with Crippen molar-refractivity contribution in [3.8, 4) is 0 Å². The Labute approximate surface area is 203 Å². The average Bonchev–Trinajstić information content (AvgIpc) is 3.57. The van der Waals surface area contributed by atoms with Crippen LogP contribution >= 0.6 is 23.5 Å². The summed E-state index contributed by atoms with van der Waals surface area (Å²) in [7, 11) is 0. The van der Waals surface area contributed by atoms with Crippen LogP contribution in [0.25, 0.3) is 0 Å². The molecule has 0 bridgehead atoms. The molecule has 0 aromatic carbocycles. The molecule has 0 amide bonds. The third-order valence-electron chi connectivity index (χ3n) is 7.23. The standard InChI is InChI=1S/C23H34ClF3N4OS/c24-20-14-28-22(29-15-20)30-7-3-18(4-8-30)21-13-19(21)5-11-32-16-17-1-9-31(10-2-17)33-12-6-23(25,26)27/h14-15,17-19,21H,1-13,16H2. The van der Waals surface area contributed by atoms with E-state index in [-0.39, 0.29) is 5.75 Å². The van der Waals surface area contributed by atoms with E-state index in [9.17, 15) is 13.2 Å². The van der Waals surface area contributed by atoms with Crippen LogP contribution in [0, 0.1) is 23.7 Å². The van der Waals surface area contributed by atoms with Gasteiger partial charge in [-0.2, -0.15) is 13.2 Å². The molecule has 186 valence electrons. The topological polar surface area (TPSA) is 41.5 Å². The summed E-state index contributed by atoms with van der Waals surface area (Å²) < 4.78 is 44.9. The van der Waals surface area contributed by atoms with Crippen molar-refractivity contribution in [3.05, 3.63) is 17.4 Å². The fourth-order valence-electron chi connectivity index (χ4n) is 5.16. The second-order valence-electron chi connectivity index (χ2n) is 9.62. The van der Waals surface area contributed by atoms with Gasteiger partial charge in [0.25, 0.3) is 0 Å². The maximum atomic E-state index is 12.3. The first-order valence-electron chi connectivity index (χ1n) is 12.1. The highest BCUT2D eigenvalue weighted by atomic mass is 35.5. The Hall–Kier alpha value is -0.770. The molecule has 1 aromatic rings. The molecule has 2 saturated heterocycles. The van der Waals surface area contributed by atoms with Crippen molar-refractivity contribution in [3.63, 3.8) is 0 Å². The average molecular weight is 507 g/mol. The van der Waals surface area contributed by atoms with E-state index in [1.807, 2.05) is 0 Å². The van der Waals surface area contributed by atoms with Crippen molar-refractivity contribution in [2.75, 3.05) is 50.0 Å². The van der Waals surface area contributed by atoms with Gasteiger partial charge in [-0.15, -0.1) is 0 Å². The lowest BCUT2D eigenvalue weighted by Crippen LogP contribution is -2.35. The van der Waals surface area contributed by atoms with Crippen LogP contribution in [0.2, 0.25) is 5.02 Å². The normalized spacial score (nSPS) is 25.5. The van der Waals surface area contributed by atoms with E-state index in [1.165, 1.54) is 31.2 Å². The molecule has 1 aliphatic carbocycles. The molecule has 3 aliphatic rings. The fraction of sp³-hybridized carbons (Fsp3) is 0.826. The van der Waals surface area contributed by atoms with Crippen LogP contribution in [-0.4, -0.2) is 65.6 Å². The zero-order valence-corrected chi connectivity index (χ0v) is 20.6. The summed E-state index contributed by atoms with van der Waals surface area (Å²) >= 11 is 7.22. The minimum Gasteiger partial charge on any atom is -0.381 e. The van der Waals surface area contributed by atoms with Gasteiger partial charge in [0.05, 0.1) is 23.8 Å². The zero-order valence-electron chi connectivity index (χ0n) is 19.0. The van der Waals surface area contributed by atoms with Crippen LogP contribution in [-0.2, 0) is 4.74 Å². The van der Waals surface area contributed by atoms with Crippen molar-refractivity contribution in [1.29, 1.82) is 0 Å². The Balaban J connectivity index is 1.03. The number of anilines is 1. The summed E-state index contributed by atoms with van der Waals surface area (Å²) in [5, 5.41) is 0.570. The predicted octanol–water partition coefficient (Wildman–Crippen LogP) is 5.70. The van der Waals surface area contributed by atoms with Gasteiger partial charge < -0.3 is 9.64 Å². The van der Waals surface area contributed by atoms with E-state index < -0.39 is 12.6 Å². The third-order valence-corrected chi connectivity index (χ3v) is 8.54. The lowest BCUT2D eigenvalue weighted by atomic mass is 9.90. The molecule has 4 rings (SSSR count). The Morgan fingerprint density at radius 1 is 1.06 bits per heavy atom. The monoisotopic (exact) mass is 506 g/mol. The van der Waals surface area contributed by atoms with E-state index >= 15 is 0 Å². The molecule has 1 saturated carbocycles. The first kappa shape index (κ1) is 25.3. The molecule has 3 heterocycles. The second-order valence-corrected chi connectivity index (χ2v) is 11.2. The third kappa shape index (κ3) is 8.15. The minimum absolute atomic E-state index is 0.126. The van der Waals surface area contributed by atoms with Gasteiger partial charge in [-0.25, -0.2) is 9.97 Å². The van der Waals surface area contributed by atoms with Crippen LogP contribution in [0.5, 0.6) is 0 Å². The lowest BCUT2D eigenvalue weighted by molar-refractivity contribution is -0.129. The highest BCUT2D eigenvalue weighted by Crippen LogP contribution is 2.49. The van der Waals surface area contributed by atoms with Gasteiger partial charge in [0.1, 0.15) is 0 Å². The quantitative estimate of drug-likeness (QED) is 0.299. The summed E-state index contributed by atoms with van der Waals surface area (Å²) in [4.78, 5) is 10.9. The number of hydrogen-bond donors (Lipinski definition) is 0. The van der Waals surface area contributed by atoms with Crippen molar-refractivity contribution < 1.29 is 17.9 Å². The number of aromatic nitrogens is 2. The SMILES string of the molecule is FC(F)(F)CCSN1CCC(COCCC2CC2C2CCN(c3ncc(Cl)cn3)CC2)CC1. The van der Waals surface area contributed by atoms with Gasteiger partial charge in [0.15, 0.2) is 0 Å². The second kappa shape index (κ2) is 11.8. The molecule has 2 unspecified atom stereocenters. The number of hydrogen-bond acceptors (Lipinski definition) is 6. The molecular weight excluding hydrogens is 473 g/mol. The van der Waals surface area contributed by atoms with Gasteiger partial charge in [-0.05, 0) is 62.2 Å². The highest BCUT2D eigenvalue weighted by molar-refractivity contribution is 7.97. The molecule has 0 radical (unpaired) electrons. The molecule has 2 atom stereocenters. The molecule has 10 heteroatoms. The summed E-state index contributed by atoms with van der Waals surface area (Å²) in [6, 6.07) is 0. The number of piperidine rings is 2. The van der Waals surface area contributed by atoms with E-state index in [4.69, 9.17) is 16.3 Å². The van der Waals surface area contributed by atoms with Crippen molar-refractivity contribution in [1.82, 2.24) is 14.3 Å². The largest absolute Gasteiger partial charge is 0.389 e. The Kier molecular flexibility index (Phi) is 9.04. The molecule has 0 N–H and O–H groups in total. The molecule has 1 aromatic heterocycles. The summed E-state index contributed by atoms with van der Waals surface area (Å²) in [6.45, 7) is 5.37. The maximum Gasteiger partial charge on any atom is 0.389 e. The molecule has 5 nitrogen and oxygen atoms in total.